The summed E-state index contributed by atoms with van der Waals surface area (Å²) in [4.78, 5) is 22.8. The minimum Gasteiger partial charge on any atom is -0.495 e. The zero-order valence-electron chi connectivity index (χ0n) is 24.2. The van der Waals surface area contributed by atoms with Crippen molar-refractivity contribution in [2.24, 2.45) is 11.8 Å². The highest BCUT2D eigenvalue weighted by Crippen LogP contribution is 2.40. The van der Waals surface area contributed by atoms with Crippen LogP contribution in [0.4, 0.5) is 5.13 Å². The highest BCUT2D eigenvalue weighted by atomic mass is 32.2. The molecule has 1 fully saturated rings. The third-order valence-electron chi connectivity index (χ3n) is 7.48. The number of carbonyl (C=O) groups is 1. The highest BCUT2D eigenvalue weighted by molar-refractivity contribution is 7.89. The van der Waals surface area contributed by atoms with E-state index in [1.165, 1.54) is 11.3 Å². The van der Waals surface area contributed by atoms with E-state index in [-0.39, 0.29) is 10.8 Å². The van der Waals surface area contributed by atoms with Crippen LogP contribution >= 0.6 is 11.3 Å². The SMILES string of the molecule is CCN(CC)CCN(C(=O)c1ccc(S(=O)(=O)N2CC(C)CC(C)C2)cc1)c1nc2c(OC)ccc(OC)c2s1. The van der Waals surface area contributed by atoms with Gasteiger partial charge in [-0.25, -0.2) is 13.4 Å². The zero-order chi connectivity index (χ0) is 29.0. The fourth-order valence-electron chi connectivity index (χ4n) is 5.33. The number of rotatable bonds is 11. The molecule has 3 aromatic rings. The number of hydrogen-bond acceptors (Lipinski definition) is 8. The molecule has 0 radical (unpaired) electrons. The third-order valence-corrected chi connectivity index (χ3v) is 10.4. The smallest absolute Gasteiger partial charge is 0.260 e. The van der Waals surface area contributed by atoms with Crippen LogP contribution in [-0.2, 0) is 10.0 Å². The van der Waals surface area contributed by atoms with E-state index in [4.69, 9.17) is 14.5 Å². The topological polar surface area (TPSA) is 92.3 Å². The highest BCUT2D eigenvalue weighted by Gasteiger charge is 2.32. The summed E-state index contributed by atoms with van der Waals surface area (Å²) >= 11 is 1.37. The average Bonchev–Trinajstić information content (AvgIpc) is 3.39. The van der Waals surface area contributed by atoms with Crippen LogP contribution in [0.15, 0.2) is 41.3 Å². The fraction of sp³-hybridized carbons (Fsp3) is 0.517. The number of likely N-dealkylation sites (N-methyl/N-ethyl adjacent to an activating group) is 1. The van der Waals surface area contributed by atoms with Crippen molar-refractivity contribution in [2.45, 2.75) is 39.0 Å². The number of ether oxygens (including phenoxy) is 2. The molecule has 2 atom stereocenters. The van der Waals surface area contributed by atoms with Crippen LogP contribution in [0.3, 0.4) is 0 Å². The normalized spacial score (nSPS) is 18.3. The number of carbonyl (C=O) groups excluding carboxylic acids is 1. The molecule has 1 saturated heterocycles. The molecule has 2 unspecified atom stereocenters. The summed E-state index contributed by atoms with van der Waals surface area (Å²) in [5, 5.41) is 0.531. The maximum absolute atomic E-state index is 13.9. The third kappa shape index (κ3) is 6.27. The summed E-state index contributed by atoms with van der Waals surface area (Å²) in [6.45, 7) is 12.2. The lowest BCUT2D eigenvalue weighted by Crippen LogP contribution is -2.42. The Morgan fingerprint density at radius 1 is 0.975 bits per heavy atom. The zero-order valence-corrected chi connectivity index (χ0v) is 25.8. The van der Waals surface area contributed by atoms with E-state index in [0.717, 1.165) is 24.2 Å². The number of amides is 1. The van der Waals surface area contributed by atoms with Crippen LogP contribution in [0.1, 0.15) is 44.5 Å². The number of thiazole rings is 1. The molecule has 0 N–H and O–H groups in total. The molecular formula is C29H40N4O5S2. The Morgan fingerprint density at radius 2 is 1.57 bits per heavy atom. The Labute approximate surface area is 241 Å². The predicted molar refractivity (Wildman–Crippen MR) is 160 cm³/mol. The molecule has 40 heavy (non-hydrogen) atoms. The Bertz CT molecular complexity index is 1370. The molecule has 9 nitrogen and oxygen atoms in total. The summed E-state index contributed by atoms with van der Waals surface area (Å²) in [5.74, 6) is 1.64. The van der Waals surface area contributed by atoms with Gasteiger partial charge < -0.3 is 14.4 Å². The lowest BCUT2D eigenvalue weighted by atomic mass is 9.94. The number of piperidine rings is 1. The largest absolute Gasteiger partial charge is 0.495 e. The molecule has 218 valence electrons. The van der Waals surface area contributed by atoms with Gasteiger partial charge in [-0.3, -0.25) is 9.69 Å². The molecule has 11 heteroatoms. The molecular weight excluding hydrogens is 548 g/mol. The van der Waals surface area contributed by atoms with Crippen LogP contribution in [-0.4, -0.2) is 82.0 Å². The van der Waals surface area contributed by atoms with Crippen LogP contribution in [0.5, 0.6) is 11.5 Å². The molecule has 2 aromatic carbocycles. The van der Waals surface area contributed by atoms with Gasteiger partial charge in [0.1, 0.15) is 21.7 Å². The van der Waals surface area contributed by atoms with E-state index < -0.39 is 10.0 Å². The Hall–Kier alpha value is -2.73. The maximum Gasteiger partial charge on any atom is 0.260 e. The van der Waals surface area contributed by atoms with Gasteiger partial charge in [-0.1, -0.05) is 39.0 Å². The van der Waals surface area contributed by atoms with Gasteiger partial charge in [0.2, 0.25) is 10.0 Å². The van der Waals surface area contributed by atoms with Crippen molar-refractivity contribution >= 4 is 42.6 Å². The second-order valence-electron chi connectivity index (χ2n) is 10.4. The van der Waals surface area contributed by atoms with Crippen molar-refractivity contribution in [1.82, 2.24) is 14.2 Å². The first-order chi connectivity index (χ1) is 19.1. The van der Waals surface area contributed by atoms with Gasteiger partial charge in [0.05, 0.1) is 19.1 Å². The van der Waals surface area contributed by atoms with Crippen molar-refractivity contribution in [3.05, 3.63) is 42.0 Å². The lowest BCUT2D eigenvalue weighted by Gasteiger charge is -2.34. The molecule has 2 heterocycles. The Kier molecular flexibility index (Phi) is 9.71. The minimum absolute atomic E-state index is 0.203. The van der Waals surface area contributed by atoms with Crippen molar-refractivity contribution in [3.63, 3.8) is 0 Å². The quantitative estimate of drug-likeness (QED) is 0.312. The summed E-state index contributed by atoms with van der Waals surface area (Å²) < 4.78 is 40.2. The molecule has 0 spiro atoms. The first-order valence-electron chi connectivity index (χ1n) is 13.8. The number of anilines is 1. The van der Waals surface area contributed by atoms with Crippen molar-refractivity contribution in [2.75, 3.05) is 58.4 Å². The van der Waals surface area contributed by atoms with Gasteiger partial charge in [0, 0.05) is 31.7 Å². The average molecular weight is 589 g/mol. The van der Waals surface area contributed by atoms with E-state index >= 15 is 0 Å². The number of methoxy groups -OCH3 is 2. The van der Waals surface area contributed by atoms with Crippen LogP contribution in [0.2, 0.25) is 0 Å². The monoisotopic (exact) mass is 588 g/mol. The van der Waals surface area contributed by atoms with Crippen LogP contribution in [0, 0.1) is 11.8 Å². The van der Waals surface area contributed by atoms with Crippen LogP contribution in [0.25, 0.3) is 10.2 Å². The van der Waals surface area contributed by atoms with E-state index in [1.54, 1.807) is 53.8 Å². The van der Waals surface area contributed by atoms with Gasteiger partial charge >= 0.3 is 0 Å². The van der Waals surface area contributed by atoms with Crippen molar-refractivity contribution in [1.29, 1.82) is 0 Å². The fourth-order valence-corrected chi connectivity index (χ4v) is 8.11. The van der Waals surface area contributed by atoms with E-state index in [1.807, 2.05) is 6.07 Å². The molecule has 1 aliphatic rings. The number of nitrogens with zero attached hydrogens (tertiary/aromatic N) is 4. The van der Waals surface area contributed by atoms with E-state index in [9.17, 15) is 13.2 Å². The van der Waals surface area contributed by atoms with Gasteiger partial charge in [-0.05, 0) is 67.7 Å². The minimum atomic E-state index is -3.64. The number of hydrogen-bond donors (Lipinski definition) is 0. The number of sulfonamides is 1. The van der Waals surface area contributed by atoms with Crippen molar-refractivity contribution < 1.29 is 22.7 Å². The molecule has 1 amide bonds. The molecule has 1 aromatic heterocycles. The summed E-state index contributed by atoms with van der Waals surface area (Å²) in [6, 6.07) is 9.92. The summed E-state index contributed by atoms with van der Waals surface area (Å²) in [5.41, 5.74) is 1.03. The number of fused-ring (bicyclic) bond motifs is 1. The lowest BCUT2D eigenvalue weighted by molar-refractivity contribution is 0.0983. The molecule has 0 aliphatic carbocycles. The predicted octanol–water partition coefficient (Wildman–Crippen LogP) is 4.97. The standard InChI is InChI=1S/C29H40N4O5S2/c1-7-31(8-2)15-16-33(29-30-26-24(37-5)13-14-25(38-6)27(26)39-29)28(34)22-9-11-23(12-10-22)40(35,36)32-18-20(3)17-21(4)19-32/h9-14,20-21H,7-8,15-19H2,1-6H3. The van der Waals surface area contributed by atoms with E-state index in [0.29, 0.717) is 65.7 Å². The van der Waals surface area contributed by atoms with Gasteiger partial charge in [0.25, 0.3) is 5.91 Å². The number of aromatic nitrogens is 1. The maximum atomic E-state index is 13.9. The molecule has 0 saturated carbocycles. The summed E-state index contributed by atoms with van der Waals surface area (Å²) in [7, 11) is -0.450. The summed E-state index contributed by atoms with van der Waals surface area (Å²) in [6.07, 6.45) is 1.02. The second kappa shape index (κ2) is 12.8. The second-order valence-corrected chi connectivity index (χ2v) is 13.3. The first kappa shape index (κ1) is 30.2. The van der Waals surface area contributed by atoms with Crippen molar-refractivity contribution in [3.8, 4) is 11.5 Å². The molecule has 4 rings (SSSR count). The first-order valence-corrected chi connectivity index (χ1v) is 16.0. The van der Waals surface area contributed by atoms with Gasteiger partial charge in [0.15, 0.2) is 5.13 Å². The Balaban J connectivity index is 1.67. The molecule has 0 bridgehead atoms. The number of benzene rings is 2. The van der Waals surface area contributed by atoms with Gasteiger partial charge in [-0.15, -0.1) is 0 Å². The van der Waals surface area contributed by atoms with Crippen LogP contribution < -0.4 is 14.4 Å². The van der Waals surface area contributed by atoms with Gasteiger partial charge in [-0.2, -0.15) is 4.31 Å². The molecule has 1 aliphatic heterocycles. The Morgan fingerprint density at radius 3 is 2.15 bits per heavy atom. The van der Waals surface area contributed by atoms with E-state index in [2.05, 4.69) is 32.6 Å².